The second-order valence-corrected chi connectivity index (χ2v) is 8.21. The molecule has 7 heteroatoms. The molecule has 1 aliphatic rings. The summed E-state index contributed by atoms with van der Waals surface area (Å²) in [6.07, 6.45) is 3.05. The first kappa shape index (κ1) is 21.8. The fraction of sp³-hybridized carbons (Fsp3) is 0.240. The number of pyridine rings is 1. The molecule has 0 spiro atoms. The Morgan fingerprint density at radius 1 is 0.969 bits per heavy atom. The number of likely N-dealkylation sites (tertiary alicyclic amines) is 1. The van der Waals surface area contributed by atoms with Crippen LogP contribution >= 0.6 is 11.6 Å². The number of para-hydroxylation sites is 1. The molecule has 32 heavy (non-hydrogen) atoms. The van der Waals surface area contributed by atoms with Gasteiger partial charge in [-0.3, -0.25) is 14.6 Å². The number of benzene rings is 2. The lowest BCUT2D eigenvalue weighted by Crippen LogP contribution is -2.43. The molecule has 0 radical (unpaired) electrons. The molecule has 0 atom stereocenters. The van der Waals surface area contributed by atoms with E-state index >= 15 is 0 Å². The molecule has 2 aromatic carbocycles. The highest BCUT2D eigenvalue weighted by Gasteiger charge is 2.24. The predicted molar refractivity (Wildman–Crippen MR) is 128 cm³/mol. The van der Waals surface area contributed by atoms with Crippen LogP contribution < -0.4 is 10.6 Å². The molecule has 0 aliphatic carbocycles. The summed E-state index contributed by atoms with van der Waals surface area (Å²) in [5.41, 5.74) is 3.32. The number of anilines is 2. The molecule has 0 saturated carbocycles. The topological polar surface area (TPSA) is 74.3 Å². The second kappa shape index (κ2) is 10.3. The van der Waals surface area contributed by atoms with Gasteiger partial charge in [-0.1, -0.05) is 54.1 Å². The van der Waals surface area contributed by atoms with Crippen molar-refractivity contribution in [3.63, 3.8) is 0 Å². The lowest BCUT2D eigenvalue weighted by atomic mass is 10.0. The standard InChI is InChI=1S/C25H25ClN4O2/c26-21-8-4-5-9-23(21)28-19-12-14-30(15-13-19)25(32)16-24(31)29-20-10-11-22(27-17-20)18-6-2-1-3-7-18/h1-11,17,19,28H,12-16H2,(H,29,31). The maximum absolute atomic E-state index is 12.6. The van der Waals surface area contributed by atoms with E-state index in [1.807, 2.05) is 60.7 Å². The minimum absolute atomic E-state index is 0.160. The molecule has 1 aliphatic heterocycles. The molecule has 1 fully saturated rings. The van der Waals surface area contributed by atoms with Crippen LogP contribution in [0.15, 0.2) is 72.9 Å². The van der Waals surface area contributed by atoms with Gasteiger partial charge in [0, 0.05) is 24.7 Å². The van der Waals surface area contributed by atoms with E-state index in [2.05, 4.69) is 15.6 Å². The van der Waals surface area contributed by atoms with Crippen molar-refractivity contribution in [3.05, 3.63) is 77.9 Å². The molecule has 1 aromatic heterocycles. The maximum atomic E-state index is 12.6. The summed E-state index contributed by atoms with van der Waals surface area (Å²) in [6.45, 7) is 1.23. The maximum Gasteiger partial charge on any atom is 0.233 e. The van der Waals surface area contributed by atoms with Crippen LogP contribution in [0.4, 0.5) is 11.4 Å². The third-order valence-corrected chi connectivity index (χ3v) is 5.84. The Balaban J connectivity index is 1.24. The van der Waals surface area contributed by atoms with Crippen molar-refractivity contribution in [2.75, 3.05) is 23.7 Å². The van der Waals surface area contributed by atoms with Crippen LogP contribution in [-0.4, -0.2) is 40.8 Å². The number of nitrogens with zero attached hydrogens (tertiary/aromatic N) is 2. The fourth-order valence-corrected chi connectivity index (χ4v) is 3.96. The molecule has 2 N–H and O–H groups in total. The fourth-order valence-electron chi connectivity index (χ4n) is 3.77. The molecular weight excluding hydrogens is 424 g/mol. The highest BCUT2D eigenvalue weighted by molar-refractivity contribution is 6.33. The number of nitrogens with one attached hydrogen (secondary N) is 2. The number of hydrogen-bond donors (Lipinski definition) is 2. The summed E-state index contributed by atoms with van der Waals surface area (Å²) in [7, 11) is 0. The lowest BCUT2D eigenvalue weighted by molar-refractivity contribution is -0.135. The van der Waals surface area contributed by atoms with Gasteiger partial charge in [-0.25, -0.2) is 0 Å². The Morgan fingerprint density at radius 3 is 2.38 bits per heavy atom. The predicted octanol–water partition coefficient (Wildman–Crippen LogP) is 4.83. The third-order valence-electron chi connectivity index (χ3n) is 5.51. The number of carbonyl (C=O) groups is 2. The largest absolute Gasteiger partial charge is 0.381 e. The lowest BCUT2D eigenvalue weighted by Gasteiger charge is -2.33. The van der Waals surface area contributed by atoms with Crippen LogP contribution in [0.2, 0.25) is 5.02 Å². The zero-order chi connectivity index (χ0) is 22.3. The normalized spacial score (nSPS) is 14.1. The molecule has 4 rings (SSSR count). The van der Waals surface area contributed by atoms with Crippen molar-refractivity contribution in [1.82, 2.24) is 9.88 Å². The molecule has 6 nitrogen and oxygen atoms in total. The summed E-state index contributed by atoms with van der Waals surface area (Å²) in [4.78, 5) is 31.1. The van der Waals surface area contributed by atoms with Gasteiger partial charge in [-0.05, 0) is 37.1 Å². The summed E-state index contributed by atoms with van der Waals surface area (Å²) in [6, 6.07) is 21.4. The van der Waals surface area contributed by atoms with Gasteiger partial charge in [0.25, 0.3) is 0 Å². The molecule has 0 bridgehead atoms. The number of rotatable bonds is 6. The number of piperidine rings is 1. The highest BCUT2D eigenvalue weighted by atomic mass is 35.5. The van der Waals surface area contributed by atoms with E-state index in [0.29, 0.717) is 23.8 Å². The number of aromatic nitrogens is 1. The molecule has 164 valence electrons. The van der Waals surface area contributed by atoms with E-state index < -0.39 is 0 Å². The van der Waals surface area contributed by atoms with Crippen LogP contribution in [0.3, 0.4) is 0 Å². The first-order valence-electron chi connectivity index (χ1n) is 10.7. The van der Waals surface area contributed by atoms with E-state index in [0.717, 1.165) is 29.8 Å². The molecule has 3 aromatic rings. The smallest absolute Gasteiger partial charge is 0.233 e. The van der Waals surface area contributed by atoms with Crippen molar-refractivity contribution < 1.29 is 9.59 Å². The second-order valence-electron chi connectivity index (χ2n) is 7.80. The van der Waals surface area contributed by atoms with E-state index in [-0.39, 0.29) is 24.3 Å². The Hall–Kier alpha value is -3.38. The van der Waals surface area contributed by atoms with Crippen LogP contribution in [0, 0.1) is 0 Å². The number of halogens is 1. The minimum Gasteiger partial charge on any atom is -0.381 e. The van der Waals surface area contributed by atoms with Crippen molar-refractivity contribution in [3.8, 4) is 11.3 Å². The van der Waals surface area contributed by atoms with E-state index in [9.17, 15) is 9.59 Å². The molecule has 2 heterocycles. The summed E-state index contributed by atoms with van der Waals surface area (Å²) in [5, 5.41) is 6.89. The summed E-state index contributed by atoms with van der Waals surface area (Å²) >= 11 is 6.21. The van der Waals surface area contributed by atoms with Crippen molar-refractivity contribution in [2.45, 2.75) is 25.3 Å². The van der Waals surface area contributed by atoms with Crippen LogP contribution in [0.25, 0.3) is 11.3 Å². The van der Waals surface area contributed by atoms with Gasteiger partial charge in [-0.15, -0.1) is 0 Å². The van der Waals surface area contributed by atoms with Gasteiger partial charge in [0.1, 0.15) is 6.42 Å². The van der Waals surface area contributed by atoms with Gasteiger partial charge in [0.2, 0.25) is 11.8 Å². The zero-order valence-corrected chi connectivity index (χ0v) is 18.4. The van der Waals surface area contributed by atoms with Crippen molar-refractivity contribution in [2.24, 2.45) is 0 Å². The Bertz CT molecular complexity index is 1060. The molecule has 0 unspecified atom stereocenters. The Morgan fingerprint density at radius 2 is 1.69 bits per heavy atom. The zero-order valence-electron chi connectivity index (χ0n) is 17.6. The Labute approximate surface area is 192 Å². The van der Waals surface area contributed by atoms with Crippen LogP contribution in [0.5, 0.6) is 0 Å². The SMILES string of the molecule is O=C(CC(=O)N1CCC(Nc2ccccc2Cl)CC1)Nc1ccc(-c2ccccc2)nc1. The highest BCUT2D eigenvalue weighted by Crippen LogP contribution is 2.24. The molecular formula is C25H25ClN4O2. The summed E-state index contributed by atoms with van der Waals surface area (Å²) in [5.74, 6) is -0.492. The van der Waals surface area contributed by atoms with Gasteiger partial charge in [0.15, 0.2) is 0 Å². The average Bonchev–Trinajstić information content (AvgIpc) is 2.82. The van der Waals surface area contributed by atoms with E-state index in [1.165, 1.54) is 0 Å². The average molecular weight is 449 g/mol. The monoisotopic (exact) mass is 448 g/mol. The first-order valence-corrected chi connectivity index (χ1v) is 11.1. The third kappa shape index (κ3) is 5.65. The molecule has 2 amide bonds. The van der Waals surface area contributed by atoms with Gasteiger partial charge >= 0.3 is 0 Å². The number of amides is 2. The molecule has 1 saturated heterocycles. The quantitative estimate of drug-likeness (QED) is 0.529. The minimum atomic E-state index is -0.333. The Kier molecular flexibility index (Phi) is 7.02. The van der Waals surface area contributed by atoms with Gasteiger partial charge in [-0.2, -0.15) is 0 Å². The van der Waals surface area contributed by atoms with Gasteiger partial charge < -0.3 is 15.5 Å². The number of carbonyl (C=O) groups excluding carboxylic acids is 2. The van der Waals surface area contributed by atoms with E-state index in [1.54, 1.807) is 17.2 Å². The van der Waals surface area contributed by atoms with Crippen LogP contribution in [-0.2, 0) is 9.59 Å². The van der Waals surface area contributed by atoms with Crippen molar-refractivity contribution in [1.29, 1.82) is 0 Å². The first-order chi connectivity index (χ1) is 15.6. The number of hydrogen-bond acceptors (Lipinski definition) is 4. The summed E-state index contributed by atoms with van der Waals surface area (Å²) < 4.78 is 0. The van der Waals surface area contributed by atoms with Gasteiger partial charge in [0.05, 0.1) is 28.3 Å². The van der Waals surface area contributed by atoms with Crippen LogP contribution in [0.1, 0.15) is 19.3 Å². The van der Waals surface area contributed by atoms with E-state index in [4.69, 9.17) is 11.6 Å². The van der Waals surface area contributed by atoms with Crippen molar-refractivity contribution >= 4 is 34.8 Å².